The van der Waals surface area contributed by atoms with Crippen LogP contribution in [0.25, 0.3) is 0 Å². The molecule has 0 saturated carbocycles. The molecule has 82 valence electrons. The predicted octanol–water partition coefficient (Wildman–Crippen LogP) is 2.15. The number of aliphatic imine (C=N–C) groups is 1. The summed E-state index contributed by atoms with van der Waals surface area (Å²) in [5, 5.41) is 0. The zero-order chi connectivity index (χ0) is 11.0. The van der Waals surface area contributed by atoms with Gasteiger partial charge in [0.25, 0.3) is 0 Å². The molecule has 0 saturated heterocycles. The van der Waals surface area contributed by atoms with Gasteiger partial charge in [-0.1, -0.05) is 0 Å². The third-order valence-corrected chi connectivity index (χ3v) is 4.09. The SMILES string of the molecule is CCOP(=O)(OCC)C(CCl)N=C=O. The van der Waals surface area contributed by atoms with Crippen LogP contribution in [0.3, 0.4) is 0 Å². The van der Waals surface area contributed by atoms with E-state index in [-0.39, 0.29) is 19.1 Å². The molecule has 0 heterocycles. The second-order valence-electron chi connectivity index (χ2n) is 2.23. The van der Waals surface area contributed by atoms with Gasteiger partial charge in [0.1, 0.15) is 0 Å². The lowest BCUT2D eigenvalue weighted by Crippen LogP contribution is -2.12. The highest BCUT2D eigenvalue weighted by atomic mass is 35.5. The molecule has 0 aliphatic carbocycles. The molecule has 0 bridgehead atoms. The van der Waals surface area contributed by atoms with Gasteiger partial charge in [-0.3, -0.25) is 4.57 Å². The molecule has 5 nitrogen and oxygen atoms in total. The van der Waals surface area contributed by atoms with Gasteiger partial charge in [0.2, 0.25) is 6.08 Å². The summed E-state index contributed by atoms with van der Waals surface area (Å²) < 4.78 is 21.8. The second-order valence-corrected chi connectivity index (χ2v) is 4.73. The van der Waals surface area contributed by atoms with Crippen LogP contribution < -0.4 is 0 Å². The van der Waals surface area contributed by atoms with Gasteiger partial charge < -0.3 is 9.05 Å². The molecule has 1 atom stereocenters. The Bertz CT molecular complexity index is 244. The third kappa shape index (κ3) is 3.91. The van der Waals surface area contributed by atoms with Gasteiger partial charge in [-0.15, -0.1) is 11.6 Å². The minimum absolute atomic E-state index is 0.105. The van der Waals surface area contributed by atoms with E-state index in [9.17, 15) is 9.36 Å². The van der Waals surface area contributed by atoms with E-state index in [1.807, 2.05) is 0 Å². The van der Waals surface area contributed by atoms with Crippen molar-refractivity contribution in [3.8, 4) is 0 Å². The molecule has 0 fully saturated rings. The number of hydrogen-bond donors (Lipinski definition) is 0. The predicted molar refractivity (Wildman–Crippen MR) is 53.5 cm³/mol. The maximum absolute atomic E-state index is 11.9. The minimum atomic E-state index is -3.41. The lowest BCUT2D eigenvalue weighted by Gasteiger charge is -2.20. The zero-order valence-electron chi connectivity index (χ0n) is 8.10. The van der Waals surface area contributed by atoms with Crippen LogP contribution in [0.4, 0.5) is 0 Å². The van der Waals surface area contributed by atoms with Crippen LogP contribution >= 0.6 is 19.2 Å². The molecule has 0 aliphatic heterocycles. The molecular weight excluding hydrogens is 229 g/mol. The molecule has 0 aliphatic rings. The summed E-state index contributed by atoms with van der Waals surface area (Å²) in [5.41, 5.74) is 0. The highest BCUT2D eigenvalue weighted by Crippen LogP contribution is 2.53. The summed E-state index contributed by atoms with van der Waals surface area (Å²) in [6, 6.07) is 0. The molecule has 0 amide bonds. The average Bonchev–Trinajstić information content (AvgIpc) is 2.14. The van der Waals surface area contributed by atoms with Crippen molar-refractivity contribution >= 4 is 25.3 Å². The fourth-order valence-electron chi connectivity index (χ4n) is 0.820. The number of hydrogen-bond acceptors (Lipinski definition) is 5. The van der Waals surface area contributed by atoms with Crippen molar-refractivity contribution in [2.75, 3.05) is 19.1 Å². The molecule has 1 unspecified atom stereocenters. The fraction of sp³-hybridized carbons (Fsp3) is 0.857. The average molecular weight is 242 g/mol. The molecule has 0 rings (SSSR count). The monoisotopic (exact) mass is 241 g/mol. The number of nitrogens with zero attached hydrogens (tertiary/aromatic N) is 1. The van der Waals surface area contributed by atoms with Crippen molar-refractivity contribution in [2.24, 2.45) is 4.99 Å². The summed E-state index contributed by atoms with van der Waals surface area (Å²) in [5.74, 6) is -1.08. The summed E-state index contributed by atoms with van der Waals surface area (Å²) in [4.78, 5) is 13.3. The van der Waals surface area contributed by atoms with Crippen molar-refractivity contribution in [1.82, 2.24) is 0 Å². The summed E-state index contributed by atoms with van der Waals surface area (Å²) in [6.45, 7) is 3.75. The maximum atomic E-state index is 11.9. The van der Waals surface area contributed by atoms with Gasteiger partial charge in [0.15, 0.2) is 5.78 Å². The van der Waals surface area contributed by atoms with Crippen LogP contribution in [0.2, 0.25) is 0 Å². The first kappa shape index (κ1) is 13.8. The van der Waals surface area contributed by atoms with Crippen LogP contribution in [-0.4, -0.2) is 31.0 Å². The van der Waals surface area contributed by atoms with E-state index in [1.165, 1.54) is 6.08 Å². The number of rotatable bonds is 7. The topological polar surface area (TPSA) is 65.0 Å². The fourth-order valence-corrected chi connectivity index (χ4v) is 2.89. The van der Waals surface area contributed by atoms with Crippen molar-refractivity contribution in [1.29, 1.82) is 0 Å². The number of carbonyl (C=O) groups excluding carboxylic acids is 1. The lowest BCUT2D eigenvalue weighted by atomic mass is 10.8. The molecule has 14 heavy (non-hydrogen) atoms. The Labute approximate surface area is 88.0 Å². The van der Waals surface area contributed by atoms with Crippen LogP contribution in [0, 0.1) is 0 Å². The van der Waals surface area contributed by atoms with Gasteiger partial charge in [-0.2, -0.15) is 4.99 Å². The van der Waals surface area contributed by atoms with Crippen LogP contribution in [0.1, 0.15) is 13.8 Å². The molecule has 0 aromatic heterocycles. The third-order valence-electron chi connectivity index (χ3n) is 1.32. The summed E-state index contributed by atoms with van der Waals surface area (Å²) in [6.07, 6.45) is 1.30. The second kappa shape index (κ2) is 7.16. The van der Waals surface area contributed by atoms with Gasteiger partial charge >= 0.3 is 7.60 Å². The standard InChI is InChI=1S/C7H13ClNO4P/c1-3-12-14(11,13-4-2)7(5-8)9-6-10/h7H,3-5H2,1-2H3. The Balaban J connectivity index is 4.74. The Kier molecular flexibility index (Phi) is 7.06. The minimum Gasteiger partial charge on any atom is -0.307 e. The van der Waals surface area contributed by atoms with Gasteiger partial charge in [-0.05, 0) is 13.8 Å². The molecular formula is C7H13ClNO4P. The van der Waals surface area contributed by atoms with Crippen molar-refractivity contribution < 1.29 is 18.4 Å². The number of halogens is 1. The van der Waals surface area contributed by atoms with E-state index >= 15 is 0 Å². The highest BCUT2D eigenvalue weighted by molar-refractivity contribution is 7.54. The Hall–Kier alpha value is -0.180. The maximum Gasteiger partial charge on any atom is 0.357 e. The van der Waals surface area contributed by atoms with Crippen LogP contribution in [-0.2, 0) is 18.4 Å². The number of isocyanates is 1. The Morgan fingerprint density at radius 2 is 1.93 bits per heavy atom. The van der Waals surface area contributed by atoms with Gasteiger partial charge in [0, 0.05) is 0 Å². The van der Waals surface area contributed by atoms with Crippen LogP contribution in [0.15, 0.2) is 4.99 Å². The first-order valence-corrected chi connectivity index (χ1v) is 6.31. The van der Waals surface area contributed by atoms with Crippen molar-refractivity contribution in [3.63, 3.8) is 0 Å². The van der Waals surface area contributed by atoms with Crippen molar-refractivity contribution in [2.45, 2.75) is 19.6 Å². The van der Waals surface area contributed by atoms with Crippen LogP contribution in [0.5, 0.6) is 0 Å². The first-order chi connectivity index (χ1) is 6.64. The normalized spacial score (nSPS) is 13.4. The van der Waals surface area contributed by atoms with Crippen molar-refractivity contribution in [3.05, 3.63) is 0 Å². The zero-order valence-corrected chi connectivity index (χ0v) is 9.75. The van der Waals surface area contributed by atoms with E-state index in [1.54, 1.807) is 13.8 Å². The smallest absolute Gasteiger partial charge is 0.307 e. The largest absolute Gasteiger partial charge is 0.357 e. The molecule has 0 N–H and O–H groups in total. The van der Waals surface area contributed by atoms with E-state index < -0.39 is 13.4 Å². The Morgan fingerprint density at radius 3 is 2.21 bits per heavy atom. The molecule has 0 aromatic rings. The lowest BCUT2D eigenvalue weighted by molar-refractivity contribution is 0.214. The van der Waals surface area contributed by atoms with Gasteiger partial charge in [0.05, 0.1) is 19.1 Å². The van der Waals surface area contributed by atoms with E-state index in [4.69, 9.17) is 20.6 Å². The molecule has 7 heteroatoms. The summed E-state index contributed by atoms with van der Waals surface area (Å²) in [7, 11) is -3.41. The quantitative estimate of drug-likeness (QED) is 0.296. The summed E-state index contributed by atoms with van der Waals surface area (Å²) >= 11 is 5.50. The number of alkyl halides is 1. The molecule has 0 aromatic carbocycles. The van der Waals surface area contributed by atoms with E-state index in [0.29, 0.717) is 0 Å². The highest BCUT2D eigenvalue weighted by Gasteiger charge is 2.34. The first-order valence-electron chi connectivity index (χ1n) is 4.16. The molecule has 0 radical (unpaired) electrons. The van der Waals surface area contributed by atoms with Gasteiger partial charge in [-0.25, -0.2) is 4.79 Å². The molecule has 0 spiro atoms. The van der Waals surface area contributed by atoms with E-state index in [2.05, 4.69) is 4.99 Å². The van der Waals surface area contributed by atoms with E-state index in [0.717, 1.165) is 0 Å². The Morgan fingerprint density at radius 1 is 1.43 bits per heavy atom.